The molecule has 1 aromatic heterocycles. The van der Waals surface area contributed by atoms with Crippen LogP contribution in [0.25, 0.3) is 11.3 Å². The van der Waals surface area contributed by atoms with Gasteiger partial charge in [0.25, 0.3) is 0 Å². The molecule has 4 N–H and O–H groups in total. The average Bonchev–Trinajstić information content (AvgIpc) is 2.72. The SMILES string of the molecule is COc1ccc(-c2nc(N)[nH]c2C(=O)O)cc1. The minimum atomic E-state index is -1.10. The molecule has 0 atom stereocenters. The first-order chi connectivity index (χ1) is 8.11. The molecule has 1 heterocycles. The van der Waals surface area contributed by atoms with Crippen LogP contribution < -0.4 is 10.5 Å². The predicted molar refractivity (Wildman–Crippen MR) is 61.9 cm³/mol. The van der Waals surface area contributed by atoms with Crippen molar-refractivity contribution >= 4 is 11.9 Å². The summed E-state index contributed by atoms with van der Waals surface area (Å²) in [5, 5.41) is 8.99. The van der Waals surface area contributed by atoms with Gasteiger partial charge in [-0.3, -0.25) is 0 Å². The average molecular weight is 233 g/mol. The number of carboxylic acid groups (broad SMARTS) is 1. The van der Waals surface area contributed by atoms with Crippen molar-refractivity contribution in [2.75, 3.05) is 12.8 Å². The molecule has 0 aliphatic rings. The van der Waals surface area contributed by atoms with Crippen LogP contribution >= 0.6 is 0 Å². The first-order valence-electron chi connectivity index (χ1n) is 4.85. The van der Waals surface area contributed by atoms with Gasteiger partial charge >= 0.3 is 5.97 Å². The molecule has 1 aromatic carbocycles. The molecule has 6 heteroatoms. The van der Waals surface area contributed by atoms with Crippen molar-refractivity contribution in [3.63, 3.8) is 0 Å². The summed E-state index contributed by atoms with van der Waals surface area (Å²) in [7, 11) is 1.56. The highest BCUT2D eigenvalue weighted by molar-refractivity contribution is 5.93. The lowest BCUT2D eigenvalue weighted by Crippen LogP contribution is -1.99. The maximum atomic E-state index is 11.0. The van der Waals surface area contributed by atoms with Crippen LogP contribution in [0.2, 0.25) is 0 Å². The molecule has 0 radical (unpaired) electrons. The summed E-state index contributed by atoms with van der Waals surface area (Å²) in [6.07, 6.45) is 0. The molecule has 0 saturated heterocycles. The topological polar surface area (TPSA) is 101 Å². The van der Waals surface area contributed by atoms with Gasteiger partial charge in [-0.15, -0.1) is 0 Å². The van der Waals surface area contributed by atoms with Crippen LogP contribution in [0.4, 0.5) is 5.95 Å². The number of methoxy groups -OCH3 is 1. The number of aromatic carboxylic acids is 1. The Morgan fingerprint density at radius 3 is 2.59 bits per heavy atom. The zero-order valence-corrected chi connectivity index (χ0v) is 9.10. The highest BCUT2D eigenvalue weighted by atomic mass is 16.5. The van der Waals surface area contributed by atoms with Crippen molar-refractivity contribution < 1.29 is 14.6 Å². The number of nitrogens with two attached hydrogens (primary N) is 1. The lowest BCUT2D eigenvalue weighted by molar-refractivity contribution is 0.0692. The Labute approximate surface area is 97.1 Å². The summed E-state index contributed by atoms with van der Waals surface area (Å²) in [4.78, 5) is 17.4. The fourth-order valence-corrected chi connectivity index (χ4v) is 1.50. The minimum Gasteiger partial charge on any atom is -0.497 e. The molecule has 0 amide bonds. The lowest BCUT2D eigenvalue weighted by atomic mass is 10.1. The van der Waals surface area contributed by atoms with Gasteiger partial charge in [0.05, 0.1) is 7.11 Å². The Hall–Kier alpha value is -2.50. The van der Waals surface area contributed by atoms with E-state index in [0.717, 1.165) is 0 Å². The molecule has 17 heavy (non-hydrogen) atoms. The second kappa shape index (κ2) is 4.17. The number of hydrogen-bond donors (Lipinski definition) is 3. The number of hydrogen-bond acceptors (Lipinski definition) is 4. The second-order valence-electron chi connectivity index (χ2n) is 3.38. The molecule has 0 unspecified atom stereocenters. The van der Waals surface area contributed by atoms with Gasteiger partial charge in [-0.2, -0.15) is 0 Å². The standard InChI is InChI=1S/C11H11N3O3/c1-17-7-4-2-6(3-5-7)8-9(10(15)16)14-11(12)13-8/h2-5H,1H3,(H,15,16)(H3,12,13,14). The van der Waals surface area contributed by atoms with Crippen LogP contribution in [0.15, 0.2) is 24.3 Å². The number of carboxylic acids is 1. The van der Waals surface area contributed by atoms with Gasteiger partial charge in [-0.1, -0.05) is 0 Å². The van der Waals surface area contributed by atoms with Gasteiger partial charge in [-0.25, -0.2) is 9.78 Å². The summed E-state index contributed by atoms with van der Waals surface area (Å²) in [5.41, 5.74) is 6.42. The first-order valence-corrected chi connectivity index (χ1v) is 4.85. The Bertz CT molecular complexity index is 546. The van der Waals surface area contributed by atoms with E-state index in [2.05, 4.69) is 9.97 Å². The summed E-state index contributed by atoms with van der Waals surface area (Å²) < 4.78 is 5.02. The third kappa shape index (κ3) is 2.05. The molecular weight excluding hydrogens is 222 g/mol. The number of aromatic amines is 1. The summed E-state index contributed by atoms with van der Waals surface area (Å²) in [5.74, 6) is -0.331. The van der Waals surface area contributed by atoms with Gasteiger partial charge in [0.15, 0.2) is 11.6 Å². The monoisotopic (exact) mass is 233 g/mol. The highest BCUT2D eigenvalue weighted by Gasteiger charge is 2.16. The number of ether oxygens (including phenoxy) is 1. The third-order valence-corrected chi connectivity index (χ3v) is 2.30. The van der Waals surface area contributed by atoms with Gasteiger partial charge < -0.3 is 20.6 Å². The summed E-state index contributed by atoms with van der Waals surface area (Å²) in [6.45, 7) is 0. The Balaban J connectivity index is 2.48. The number of aromatic nitrogens is 2. The van der Waals surface area contributed by atoms with Crippen molar-refractivity contribution in [3.05, 3.63) is 30.0 Å². The van der Waals surface area contributed by atoms with Gasteiger partial charge in [0.1, 0.15) is 11.4 Å². The van der Waals surface area contributed by atoms with Crippen molar-refractivity contribution in [1.29, 1.82) is 0 Å². The Morgan fingerprint density at radius 1 is 1.41 bits per heavy atom. The highest BCUT2D eigenvalue weighted by Crippen LogP contribution is 2.24. The summed E-state index contributed by atoms with van der Waals surface area (Å²) >= 11 is 0. The van der Waals surface area contributed by atoms with Crippen molar-refractivity contribution in [2.45, 2.75) is 0 Å². The number of nitrogens with one attached hydrogen (secondary N) is 1. The van der Waals surface area contributed by atoms with E-state index in [9.17, 15) is 4.79 Å². The number of nitrogen functional groups attached to an aromatic ring is 1. The van der Waals surface area contributed by atoms with Crippen LogP contribution in [0.1, 0.15) is 10.5 Å². The van der Waals surface area contributed by atoms with E-state index in [-0.39, 0.29) is 11.6 Å². The van der Waals surface area contributed by atoms with Crippen LogP contribution in [-0.2, 0) is 0 Å². The smallest absolute Gasteiger partial charge is 0.354 e. The molecule has 2 rings (SSSR count). The van der Waals surface area contributed by atoms with Gasteiger partial charge in [-0.05, 0) is 24.3 Å². The first kappa shape index (κ1) is 11.0. The minimum absolute atomic E-state index is 0.0207. The fraction of sp³-hybridized carbons (Fsp3) is 0.0909. The van der Waals surface area contributed by atoms with Crippen LogP contribution in [0.3, 0.4) is 0 Å². The van der Waals surface area contributed by atoms with Crippen LogP contribution in [0, 0.1) is 0 Å². The van der Waals surface area contributed by atoms with E-state index in [1.54, 1.807) is 31.4 Å². The molecule has 0 fully saturated rings. The van der Waals surface area contributed by atoms with E-state index in [1.165, 1.54) is 0 Å². The Morgan fingerprint density at radius 2 is 2.06 bits per heavy atom. The van der Waals surface area contributed by atoms with Crippen molar-refractivity contribution in [3.8, 4) is 17.0 Å². The number of imidazole rings is 1. The molecule has 88 valence electrons. The third-order valence-electron chi connectivity index (χ3n) is 2.30. The molecule has 0 aliphatic carbocycles. The number of H-pyrrole nitrogens is 1. The summed E-state index contributed by atoms with van der Waals surface area (Å²) in [6, 6.07) is 6.90. The van der Waals surface area contributed by atoms with Gasteiger partial charge in [0.2, 0.25) is 0 Å². The molecular formula is C11H11N3O3. The molecule has 0 spiro atoms. The lowest BCUT2D eigenvalue weighted by Gasteiger charge is -2.01. The maximum Gasteiger partial charge on any atom is 0.354 e. The van der Waals surface area contributed by atoms with E-state index in [4.69, 9.17) is 15.6 Å². The van der Waals surface area contributed by atoms with Crippen molar-refractivity contribution in [1.82, 2.24) is 9.97 Å². The second-order valence-corrected chi connectivity index (χ2v) is 3.38. The van der Waals surface area contributed by atoms with E-state index >= 15 is 0 Å². The number of anilines is 1. The quantitative estimate of drug-likeness (QED) is 0.743. The largest absolute Gasteiger partial charge is 0.497 e. The fourth-order valence-electron chi connectivity index (χ4n) is 1.50. The zero-order chi connectivity index (χ0) is 12.4. The number of benzene rings is 1. The number of carbonyl (C=O) groups is 1. The van der Waals surface area contributed by atoms with E-state index < -0.39 is 5.97 Å². The molecule has 2 aromatic rings. The molecule has 0 saturated carbocycles. The predicted octanol–water partition coefficient (Wildman–Crippen LogP) is 1.37. The molecule has 6 nitrogen and oxygen atoms in total. The van der Waals surface area contributed by atoms with Crippen LogP contribution in [0.5, 0.6) is 5.75 Å². The van der Waals surface area contributed by atoms with E-state index in [1.807, 2.05) is 0 Å². The van der Waals surface area contributed by atoms with Gasteiger partial charge in [0, 0.05) is 5.56 Å². The number of nitrogens with zero attached hydrogens (tertiary/aromatic N) is 1. The number of rotatable bonds is 3. The van der Waals surface area contributed by atoms with Crippen LogP contribution in [-0.4, -0.2) is 28.2 Å². The normalized spacial score (nSPS) is 10.2. The maximum absolute atomic E-state index is 11.0. The zero-order valence-electron chi connectivity index (χ0n) is 9.10. The van der Waals surface area contributed by atoms with Crippen molar-refractivity contribution in [2.24, 2.45) is 0 Å². The molecule has 0 bridgehead atoms. The Kier molecular flexibility index (Phi) is 2.70. The van der Waals surface area contributed by atoms with E-state index in [0.29, 0.717) is 17.0 Å². The molecule has 0 aliphatic heterocycles.